The van der Waals surface area contributed by atoms with E-state index in [2.05, 4.69) is 17.1 Å². The number of para-hydroxylation sites is 1. The van der Waals surface area contributed by atoms with Gasteiger partial charge in [-0.05, 0) is 18.6 Å². The van der Waals surface area contributed by atoms with Crippen LogP contribution in [0.25, 0.3) is 0 Å². The number of aromatic nitrogens is 3. The van der Waals surface area contributed by atoms with Gasteiger partial charge in [-0.1, -0.05) is 62.6 Å². The molecule has 2 rings (SSSR count). The molecule has 6 heteroatoms. The molecule has 0 aliphatic heterocycles. The van der Waals surface area contributed by atoms with E-state index < -0.39 is 0 Å². The Bertz CT molecular complexity index is 657. The number of carbonyl (C=O) groups is 1. The normalized spacial score (nSPS) is 10.8. The van der Waals surface area contributed by atoms with E-state index in [0.717, 1.165) is 29.5 Å². The molecular formula is C19H28N4OS. The molecule has 0 bridgehead atoms. The van der Waals surface area contributed by atoms with Crippen LogP contribution >= 0.6 is 11.8 Å². The van der Waals surface area contributed by atoms with Gasteiger partial charge in [0.25, 0.3) is 0 Å². The number of anilines is 1. The molecule has 0 spiro atoms. The van der Waals surface area contributed by atoms with E-state index >= 15 is 0 Å². The SMILES string of the molecule is CCCCCCCc1nnc(SCC(=O)N(C)c2ccccc2)n1C. The lowest BCUT2D eigenvalue weighted by Crippen LogP contribution is -2.27. The summed E-state index contributed by atoms with van der Waals surface area (Å²) < 4.78 is 2.01. The van der Waals surface area contributed by atoms with Gasteiger partial charge in [0.15, 0.2) is 5.16 Å². The predicted molar refractivity (Wildman–Crippen MR) is 104 cm³/mol. The summed E-state index contributed by atoms with van der Waals surface area (Å²) in [6.07, 6.45) is 7.19. The van der Waals surface area contributed by atoms with Crippen LogP contribution < -0.4 is 4.90 Å². The highest BCUT2D eigenvalue weighted by molar-refractivity contribution is 7.99. The van der Waals surface area contributed by atoms with E-state index in [-0.39, 0.29) is 5.91 Å². The van der Waals surface area contributed by atoms with Gasteiger partial charge in [-0.15, -0.1) is 10.2 Å². The Morgan fingerprint density at radius 1 is 1.12 bits per heavy atom. The number of carbonyl (C=O) groups excluding carboxylic acids is 1. The van der Waals surface area contributed by atoms with E-state index in [1.165, 1.54) is 37.4 Å². The van der Waals surface area contributed by atoms with Crippen molar-refractivity contribution in [2.45, 2.75) is 50.6 Å². The molecular weight excluding hydrogens is 332 g/mol. The molecule has 1 aromatic heterocycles. The summed E-state index contributed by atoms with van der Waals surface area (Å²) in [5.41, 5.74) is 0.902. The van der Waals surface area contributed by atoms with Gasteiger partial charge >= 0.3 is 0 Å². The molecule has 0 aliphatic rings. The lowest BCUT2D eigenvalue weighted by atomic mass is 10.1. The lowest BCUT2D eigenvalue weighted by Gasteiger charge is -2.16. The number of hydrogen-bond donors (Lipinski definition) is 0. The van der Waals surface area contributed by atoms with Crippen molar-refractivity contribution in [3.05, 3.63) is 36.2 Å². The highest BCUT2D eigenvalue weighted by Gasteiger charge is 2.14. The molecule has 0 fully saturated rings. The first-order chi connectivity index (χ1) is 12.1. The fraction of sp³-hybridized carbons (Fsp3) is 0.526. The van der Waals surface area contributed by atoms with Crippen molar-refractivity contribution in [2.24, 2.45) is 7.05 Å². The molecule has 0 atom stereocenters. The van der Waals surface area contributed by atoms with Crippen LogP contribution in [0.2, 0.25) is 0 Å². The number of hydrogen-bond acceptors (Lipinski definition) is 4. The van der Waals surface area contributed by atoms with Crippen LogP contribution in [0, 0.1) is 0 Å². The molecule has 0 unspecified atom stereocenters. The van der Waals surface area contributed by atoms with Gasteiger partial charge in [-0.25, -0.2) is 0 Å². The van der Waals surface area contributed by atoms with Gasteiger partial charge in [0.2, 0.25) is 5.91 Å². The summed E-state index contributed by atoms with van der Waals surface area (Å²) in [5.74, 6) is 1.41. The number of thioether (sulfide) groups is 1. The minimum absolute atomic E-state index is 0.0558. The first-order valence-corrected chi connectivity index (χ1v) is 9.94. The number of unbranched alkanes of at least 4 members (excludes halogenated alkanes) is 4. The van der Waals surface area contributed by atoms with Crippen LogP contribution in [-0.2, 0) is 18.3 Å². The minimum atomic E-state index is 0.0558. The fourth-order valence-corrected chi connectivity index (χ4v) is 3.44. The van der Waals surface area contributed by atoms with Gasteiger partial charge in [-0.2, -0.15) is 0 Å². The standard InChI is InChI=1S/C19H28N4OS/c1-4-5-6-7-11-14-17-20-21-19(23(17)3)25-15-18(24)22(2)16-12-9-8-10-13-16/h8-10,12-13H,4-7,11,14-15H2,1-3H3. The zero-order valence-electron chi connectivity index (χ0n) is 15.4. The summed E-state index contributed by atoms with van der Waals surface area (Å²) >= 11 is 1.44. The van der Waals surface area contributed by atoms with E-state index in [9.17, 15) is 4.79 Å². The van der Waals surface area contributed by atoms with Crippen molar-refractivity contribution in [3.8, 4) is 0 Å². The van der Waals surface area contributed by atoms with Gasteiger partial charge in [0.05, 0.1) is 5.75 Å². The van der Waals surface area contributed by atoms with E-state index in [1.807, 2.05) is 41.9 Å². The predicted octanol–water partition coefficient (Wildman–Crippen LogP) is 4.08. The van der Waals surface area contributed by atoms with Crippen molar-refractivity contribution in [2.75, 3.05) is 17.7 Å². The molecule has 25 heavy (non-hydrogen) atoms. The molecule has 0 radical (unpaired) electrons. The zero-order valence-corrected chi connectivity index (χ0v) is 16.3. The maximum atomic E-state index is 12.4. The minimum Gasteiger partial charge on any atom is -0.315 e. The van der Waals surface area contributed by atoms with Crippen molar-refractivity contribution in [1.82, 2.24) is 14.8 Å². The molecule has 0 aliphatic carbocycles. The molecule has 0 saturated heterocycles. The second-order valence-electron chi connectivity index (χ2n) is 6.20. The molecule has 1 aromatic carbocycles. The summed E-state index contributed by atoms with van der Waals surface area (Å²) in [6, 6.07) is 9.67. The van der Waals surface area contributed by atoms with Crippen molar-refractivity contribution in [3.63, 3.8) is 0 Å². The van der Waals surface area contributed by atoms with Gasteiger partial charge in [0.1, 0.15) is 5.82 Å². The second-order valence-corrected chi connectivity index (χ2v) is 7.14. The number of nitrogens with zero attached hydrogens (tertiary/aromatic N) is 4. The maximum Gasteiger partial charge on any atom is 0.237 e. The van der Waals surface area contributed by atoms with Crippen LogP contribution in [0.15, 0.2) is 35.5 Å². The Kier molecular flexibility index (Phi) is 7.98. The fourth-order valence-electron chi connectivity index (χ4n) is 2.59. The Hall–Kier alpha value is -1.82. The first kappa shape index (κ1) is 19.5. The highest BCUT2D eigenvalue weighted by Crippen LogP contribution is 2.19. The summed E-state index contributed by atoms with van der Waals surface area (Å²) in [7, 11) is 3.78. The third-order valence-electron chi connectivity index (χ3n) is 4.27. The van der Waals surface area contributed by atoms with Crippen molar-refractivity contribution < 1.29 is 4.79 Å². The zero-order chi connectivity index (χ0) is 18.1. The summed E-state index contributed by atoms with van der Waals surface area (Å²) in [4.78, 5) is 14.0. The molecule has 136 valence electrons. The summed E-state index contributed by atoms with van der Waals surface area (Å²) in [5, 5.41) is 9.33. The molecule has 0 N–H and O–H groups in total. The van der Waals surface area contributed by atoms with E-state index in [4.69, 9.17) is 0 Å². The average molecular weight is 361 g/mol. The van der Waals surface area contributed by atoms with Crippen molar-refractivity contribution >= 4 is 23.4 Å². The third kappa shape index (κ3) is 5.88. The van der Waals surface area contributed by atoms with Crippen LogP contribution in [0.1, 0.15) is 44.9 Å². The quantitative estimate of drug-likeness (QED) is 0.473. The Labute approximate surface area is 154 Å². The number of rotatable bonds is 10. The first-order valence-electron chi connectivity index (χ1n) is 8.96. The number of benzene rings is 1. The van der Waals surface area contributed by atoms with Crippen LogP contribution in [0.5, 0.6) is 0 Å². The van der Waals surface area contributed by atoms with Gasteiger partial charge < -0.3 is 9.47 Å². The number of aryl methyl sites for hydroxylation is 1. The van der Waals surface area contributed by atoms with Crippen LogP contribution in [-0.4, -0.2) is 33.5 Å². The average Bonchev–Trinajstić information content (AvgIpc) is 2.99. The summed E-state index contributed by atoms with van der Waals surface area (Å²) in [6.45, 7) is 2.22. The second kappa shape index (κ2) is 10.2. The number of amides is 1. The monoisotopic (exact) mass is 360 g/mol. The Morgan fingerprint density at radius 2 is 1.84 bits per heavy atom. The Morgan fingerprint density at radius 3 is 2.56 bits per heavy atom. The highest BCUT2D eigenvalue weighted by atomic mass is 32.2. The van der Waals surface area contributed by atoms with Gasteiger partial charge in [-0.3, -0.25) is 4.79 Å². The lowest BCUT2D eigenvalue weighted by molar-refractivity contribution is -0.115. The molecule has 0 saturated carbocycles. The van der Waals surface area contributed by atoms with E-state index in [1.54, 1.807) is 11.9 Å². The maximum absolute atomic E-state index is 12.4. The molecule has 1 heterocycles. The van der Waals surface area contributed by atoms with E-state index in [0.29, 0.717) is 5.75 Å². The topological polar surface area (TPSA) is 51.0 Å². The third-order valence-corrected chi connectivity index (χ3v) is 5.28. The smallest absolute Gasteiger partial charge is 0.237 e. The van der Waals surface area contributed by atoms with Crippen LogP contribution in [0.3, 0.4) is 0 Å². The largest absolute Gasteiger partial charge is 0.315 e. The molecule has 1 amide bonds. The van der Waals surface area contributed by atoms with Gasteiger partial charge in [0, 0.05) is 26.2 Å². The Balaban J connectivity index is 1.82. The van der Waals surface area contributed by atoms with Crippen molar-refractivity contribution in [1.29, 1.82) is 0 Å². The van der Waals surface area contributed by atoms with Crippen LogP contribution in [0.4, 0.5) is 5.69 Å². The molecule has 2 aromatic rings. The molecule has 5 nitrogen and oxygen atoms in total.